The number of likely N-dealkylation sites (N-methyl/N-ethyl adjacent to an activating group) is 1. The first-order valence-electron chi connectivity index (χ1n) is 7.53. The minimum atomic E-state index is 0.330. The maximum Gasteiger partial charge on any atom is 0.105 e. The number of rotatable bonds is 6. The lowest BCUT2D eigenvalue weighted by Crippen LogP contribution is -2.53. The van der Waals surface area contributed by atoms with E-state index >= 15 is 0 Å². The Labute approximate surface area is 122 Å². The van der Waals surface area contributed by atoms with Gasteiger partial charge in [-0.05, 0) is 55.0 Å². The van der Waals surface area contributed by atoms with E-state index in [-0.39, 0.29) is 0 Å². The van der Waals surface area contributed by atoms with Gasteiger partial charge in [0.1, 0.15) is 12.6 Å². The van der Waals surface area contributed by atoms with Crippen molar-refractivity contribution in [1.29, 1.82) is 0 Å². The molecule has 1 aromatic rings. The molecular weight excluding hydrogens is 254 g/mol. The van der Waals surface area contributed by atoms with E-state index in [9.17, 15) is 0 Å². The Kier molecular flexibility index (Phi) is 5.43. The summed E-state index contributed by atoms with van der Waals surface area (Å²) in [4.78, 5) is 0. The molecule has 2 rings (SSSR count). The van der Waals surface area contributed by atoms with Crippen molar-refractivity contribution >= 4 is 11.3 Å². The minimum Gasteiger partial charge on any atom is -0.368 e. The summed E-state index contributed by atoms with van der Waals surface area (Å²) in [5.74, 6) is 0. The SMILES string of the molecule is CC(C[N+](C)(C)C1CCCCC1)OCc1ccsc1. The quantitative estimate of drug-likeness (QED) is 0.715. The van der Waals surface area contributed by atoms with Crippen molar-refractivity contribution in [3.63, 3.8) is 0 Å². The lowest BCUT2D eigenvalue weighted by molar-refractivity contribution is -0.919. The first-order valence-corrected chi connectivity index (χ1v) is 8.47. The third-order valence-electron chi connectivity index (χ3n) is 4.41. The van der Waals surface area contributed by atoms with Gasteiger partial charge in [-0.25, -0.2) is 0 Å². The summed E-state index contributed by atoms with van der Waals surface area (Å²) in [6, 6.07) is 2.99. The molecule has 0 aromatic carbocycles. The van der Waals surface area contributed by atoms with Crippen molar-refractivity contribution in [3.8, 4) is 0 Å². The van der Waals surface area contributed by atoms with Crippen molar-refractivity contribution in [1.82, 2.24) is 0 Å². The van der Waals surface area contributed by atoms with E-state index in [2.05, 4.69) is 37.8 Å². The van der Waals surface area contributed by atoms with Gasteiger partial charge in [-0.1, -0.05) is 6.42 Å². The van der Waals surface area contributed by atoms with Crippen molar-refractivity contribution in [2.45, 2.75) is 57.8 Å². The van der Waals surface area contributed by atoms with Crippen LogP contribution in [0.25, 0.3) is 0 Å². The van der Waals surface area contributed by atoms with Gasteiger partial charge in [0.05, 0.1) is 26.7 Å². The van der Waals surface area contributed by atoms with Crippen LogP contribution in [0, 0.1) is 0 Å². The second-order valence-electron chi connectivity index (χ2n) is 6.51. The molecule has 0 bridgehead atoms. The molecule has 1 heterocycles. The van der Waals surface area contributed by atoms with Crippen LogP contribution < -0.4 is 0 Å². The molecule has 1 unspecified atom stereocenters. The fraction of sp³-hybridized carbons (Fsp3) is 0.750. The Hall–Kier alpha value is -0.380. The van der Waals surface area contributed by atoms with Crippen molar-refractivity contribution < 1.29 is 9.22 Å². The summed E-state index contributed by atoms with van der Waals surface area (Å²) in [5, 5.41) is 4.29. The normalized spacial score (nSPS) is 19.5. The molecule has 0 amide bonds. The van der Waals surface area contributed by atoms with Gasteiger partial charge in [0.15, 0.2) is 0 Å². The molecule has 1 atom stereocenters. The van der Waals surface area contributed by atoms with E-state index in [1.807, 2.05) is 0 Å². The zero-order chi connectivity index (χ0) is 13.7. The molecule has 1 saturated carbocycles. The molecule has 0 aliphatic heterocycles. The minimum absolute atomic E-state index is 0.330. The number of thiophene rings is 1. The van der Waals surface area contributed by atoms with Crippen molar-refractivity contribution in [2.75, 3.05) is 20.6 Å². The average Bonchev–Trinajstić information content (AvgIpc) is 2.90. The molecule has 3 heteroatoms. The molecular formula is C16H28NOS+. The lowest BCUT2D eigenvalue weighted by atomic mass is 9.93. The Bertz CT molecular complexity index is 355. The van der Waals surface area contributed by atoms with Gasteiger partial charge in [0.2, 0.25) is 0 Å². The topological polar surface area (TPSA) is 9.23 Å². The summed E-state index contributed by atoms with van der Waals surface area (Å²) < 4.78 is 7.12. The van der Waals surface area contributed by atoms with Crippen LogP contribution in [-0.4, -0.2) is 37.3 Å². The molecule has 2 nitrogen and oxygen atoms in total. The van der Waals surface area contributed by atoms with E-state index in [0.717, 1.165) is 23.7 Å². The number of nitrogens with zero attached hydrogens (tertiary/aromatic N) is 1. The first kappa shape index (κ1) is 15.0. The van der Waals surface area contributed by atoms with Gasteiger partial charge < -0.3 is 9.22 Å². The van der Waals surface area contributed by atoms with Crippen LogP contribution in [0.4, 0.5) is 0 Å². The summed E-state index contributed by atoms with van der Waals surface area (Å²) in [7, 11) is 4.75. The highest BCUT2D eigenvalue weighted by atomic mass is 32.1. The zero-order valence-corrected chi connectivity index (χ0v) is 13.4. The third kappa shape index (κ3) is 4.59. The Morgan fingerprint density at radius 2 is 2.05 bits per heavy atom. The van der Waals surface area contributed by atoms with Gasteiger partial charge in [0, 0.05) is 0 Å². The molecule has 0 spiro atoms. The van der Waals surface area contributed by atoms with E-state index < -0.39 is 0 Å². The van der Waals surface area contributed by atoms with Crippen LogP contribution in [0.15, 0.2) is 16.8 Å². The lowest BCUT2D eigenvalue weighted by Gasteiger charge is -2.41. The maximum atomic E-state index is 6.00. The highest BCUT2D eigenvalue weighted by molar-refractivity contribution is 7.07. The predicted octanol–water partition coefficient (Wildman–Crippen LogP) is 4.06. The van der Waals surface area contributed by atoms with E-state index in [1.165, 1.54) is 37.7 Å². The molecule has 0 N–H and O–H groups in total. The van der Waals surface area contributed by atoms with Crippen molar-refractivity contribution in [3.05, 3.63) is 22.4 Å². The Balaban J connectivity index is 1.77. The van der Waals surface area contributed by atoms with Gasteiger partial charge >= 0.3 is 0 Å². The number of hydrogen-bond donors (Lipinski definition) is 0. The van der Waals surface area contributed by atoms with E-state index in [0.29, 0.717) is 6.10 Å². The molecule has 0 saturated heterocycles. The van der Waals surface area contributed by atoms with Crippen molar-refractivity contribution in [2.24, 2.45) is 0 Å². The second-order valence-corrected chi connectivity index (χ2v) is 7.29. The van der Waals surface area contributed by atoms with Gasteiger partial charge in [0.25, 0.3) is 0 Å². The molecule has 1 aliphatic rings. The third-order valence-corrected chi connectivity index (χ3v) is 5.14. The predicted molar refractivity (Wildman–Crippen MR) is 82.4 cm³/mol. The standard InChI is InChI=1S/C16H28NOS/c1-14(18-12-15-9-10-19-13-15)11-17(2,3)16-7-5-4-6-8-16/h9-10,13-14,16H,4-8,11-12H2,1-3H3/q+1. The van der Waals surface area contributed by atoms with E-state index in [1.54, 1.807) is 11.3 Å². The molecule has 0 radical (unpaired) electrons. The first-order chi connectivity index (χ1) is 9.08. The number of ether oxygens (including phenoxy) is 1. The molecule has 19 heavy (non-hydrogen) atoms. The van der Waals surface area contributed by atoms with Crippen LogP contribution in [-0.2, 0) is 11.3 Å². The van der Waals surface area contributed by atoms with Gasteiger partial charge in [-0.2, -0.15) is 11.3 Å². The summed E-state index contributed by atoms with van der Waals surface area (Å²) >= 11 is 1.74. The Morgan fingerprint density at radius 3 is 2.68 bits per heavy atom. The maximum absolute atomic E-state index is 6.00. The van der Waals surface area contributed by atoms with Crippen LogP contribution in [0.3, 0.4) is 0 Å². The van der Waals surface area contributed by atoms with Crippen LogP contribution in [0.2, 0.25) is 0 Å². The number of hydrogen-bond acceptors (Lipinski definition) is 2. The van der Waals surface area contributed by atoms with Crippen LogP contribution in [0.1, 0.15) is 44.6 Å². The van der Waals surface area contributed by atoms with E-state index in [4.69, 9.17) is 4.74 Å². The number of quaternary nitrogens is 1. The fourth-order valence-electron chi connectivity index (χ4n) is 3.26. The summed E-state index contributed by atoms with van der Waals surface area (Å²) in [5.41, 5.74) is 1.31. The Morgan fingerprint density at radius 1 is 1.32 bits per heavy atom. The van der Waals surface area contributed by atoms with Crippen LogP contribution >= 0.6 is 11.3 Å². The molecule has 1 aromatic heterocycles. The van der Waals surface area contributed by atoms with Crippen LogP contribution in [0.5, 0.6) is 0 Å². The monoisotopic (exact) mass is 282 g/mol. The molecule has 1 aliphatic carbocycles. The zero-order valence-electron chi connectivity index (χ0n) is 12.6. The second kappa shape index (κ2) is 6.87. The fourth-order valence-corrected chi connectivity index (χ4v) is 3.91. The highest BCUT2D eigenvalue weighted by Gasteiger charge is 2.31. The smallest absolute Gasteiger partial charge is 0.105 e. The highest BCUT2D eigenvalue weighted by Crippen LogP contribution is 2.26. The molecule has 108 valence electrons. The van der Waals surface area contributed by atoms with Gasteiger partial charge in [-0.15, -0.1) is 0 Å². The summed E-state index contributed by atoms with van der Waals surface area (Å²) in [6.07, 6.45) is 7.37. The average molecular weight is 282 g/mol. The van der Waals surface area contributed by atoms with Gasteiger partial charge in [-0.3, -0.25) is 0 Å². The largest absolute Gasteiger partial charge is 0.368 e. The molecule has 1 fully saturated rings. The summed E-state index contributed by atoms with van der Waals surface area (Å²) in [6.45, 7) is 4.10.